The van der Waals surface area contributed by atoms with Crippen molar-refractivity contribution in [3.8, 4) is 11.4 Å². The van der Waals surface area contributed by atoms with Gasteiger partial charge in [-0.15, -0.1) is 0 Å². The molecule has 5 saturated carbocycles. The van der Waals surface area contributed by atoms with E-state index in [-0.39, 0.29) is 58.5 Å². The predicted octanol–water partition coefficient (Wildman–Crippen LogP) is 11.2. The number of aromatic amines is 1. The normalized spacial score (nSPS) is 38.0. The molecule has 0 aromatic carbocycles. The number of unbranched alkanes of at least 4 members (excludes halogenated alkanes) is 1. The van der Waals surface area contributed by atoms with Gasteiger partial charge in [0.1, 0.15) is 11.9 Å². The molecule has 1 aliphatic heterocycles. The lowest BCUT2D eigenvalue weighted by Gasteiger charge is -2.71. The van der Waals surface area contributed by atoms with Crippen LogP contribution in [0.3, 0.4) is 0 Å². The first-order valence-electron chi connectivity index (χ1n) is 23.2. The molecule has 320 valence electrons. The van der Waals surface area contributed by atoms with E-state index in [1.165, 1.54) is 38.5 Å². The number of rotatable bonds is 9. The number of hydrogen-bond donors (Lipinski definition) is 2. The molecule has 10 unspecified atom stereocenters. The summed E-state index contributed by atoms with van der Waals surface area (Å²) >= 11 is 0. The van der Waals surface area contributed by atoms with Crippen LogP contribution in [0.25, 0.3) is 11.4 Å². The Morgan fingerprint density at radius 1 is 0.862 bits per heavy atom. The molecule has 6 aliphatic rings. The molecule has 11 atom stereocenters. The third-order valence-electron chi connectivity index (χ3n) is 17.7. The number of amides is 1. The van der Waals surface area contributed by atoms with E-state index in [4.69, 9.17) is 9.72 Å². The number of hydrogen-bond acceptors (Lipinski definition) is 6. The van der Waals surface area contributed by atoms with Gasteiger partial charge < -0.3 is 19.7 Å². The van der Waals surface area contributed by atoms with Crippen molar-refractivity contribution in [3.05, 3.63) is 36.4 Å². The van der Waals surface area contributed by atoms with Gasteiger partial charge in [-0.05, 0) is 140 Å². The van der Waals surface area contributed by atoms with Crippen molar-refractivity contribution in [2.24, 2.45) is 56.7 Å². The Morgan fingerprint density at radius 3 is 2.34 bits per heavy atom. The fourth-order valence-corrected chi connectivity index (χ4v) is 14.5. The Bertz CT molecular complexity index is 1790. The van der Waals surface area contributed by atoms with Crippen molar-refractivity contribution in [2.75, 3.05) is 6.54 Å². The number of fused-ring (bicyclic) bond motifs is 7. The van der Waals surface area contributed by atoms with Crippen LogP contribution in [0.15, 0.2) is 30.6 Å². The zero-order valence-electron chi connectivity index (χ0n) is 37.1. The third kappa shape index (κ3) is 7.34. The monoisotopic (exact) mass is 799 g/mol. The number of aromatic nitrogens is 3. The molecule has 1 saturated heterocycles. The standard InChI is InChI=1S/C45H64N4O5.C4H10/c1-28-29-16-20-44(6)36(42(29,4)19-17-35(28)54-38(52)26-41(2,3)25-37(50)51)15-14-30-31-11-9-18-45(31,22-21-43(30,44)5)40(53)49-24-10-13-34(49)39-47-27-33(48-39)32-12-7-8-23-46-32;1-3-4-2/h7-8,12,23,27-31,34-36H,9-11,13-22,24-26H2,1-6H3,(H,47,48)(H,50,51);3-4H2,1-2H3/t28?,29?,30?,31?,34?,35?,36?,42?,43-,44?,45?;/m1./s1. The van der Waals surface area contributed by atoms with Crippen LogP contribution in [0.1, 0.15) is 176 Å². The fraction of sp³-hybridized carbons (Fsp3) is 0.776. The largest absolute Gasteiger partial charge is 0.481 e. The SMILES string of the molecule is CC1C(OC(=O)CC(C)(C)CC(=O)O)CCC2(C)C1CCC1(C)C2CCC2C3CCCC3(C(=O)N3CCCC3c3ncc(-c4ccccn4)[nH]3)CC[C@]21C.CCCC. The Hall–Kier alpha value is -3.23. The first kappa shape index (κ1) is 42.9. The molecule has 9 heteroatoms. The summed E-state index contributed by atoms with van der Waals surface area (Å²) in [7, 11) is 0. The molecule has 0 radical (unpaired) electrons. The quantitative estimate of drug-likeness (QED) is 0.242. The van der Waals surface area contributed by atoms with E-state index < -0.39 is 11.4 Å². The van der Waals surface area contributed by atoms with Gasteiger partial charge >= 0.3 is 11.9 Å². The van der Waals surface area contributed by atoms with Crippen LogP contribution in [-0.2, 0) is 19.1 Å². The highest BCUT2D eigenvalue weighted by atomic mass is 16.5. The summed E-state index contributed by atoms with van der Waals surface area (Å²) in [5.41, 5.74) is 1.47. The van der Waals surface area contributed by atoms with Crippen LogP contribution < -0.4 is 0 Å². The molecule has 5 aliphatic carbocycles. The van der Waals surface area contributed by atoms with Gasteiger partial charge in [0.05, 0.1) is 41.9 Å². The number of H-pyrrole nitrogens is 1. The van der Waals surface area contributed by atoms with Gasteiger partial charge in [-0.1, -0.05) is 80.7 Å². The second-order valence-electron chi connectivity index (χ2n) is 21.3. The molecule has 8 rings (SSSR count). The van der Waals surface area contributed by atoms with E-state index in [1.54, 1.807) is 6.20 Å². The number of nitrogens with one attached hydrogen (secondary N) is 1. The molecule has 1 amide bonds. The molecule has 3 heterocycles. The highest BCUT2D eigenvalue weighted by Gasteiger charge is 2.70. The number of aliphatic carboxylic acids is 1. The molecule has 0 spiro atoms. The topological polar surface area (TPSA) is 125 Å². The van der Waals surface area contributed by atoms with Crippen LogP contribution in [-0.4, -0.2) is 55.5 Å². The number of likely N-dealkylation sites (tertiary alicyclic amines) is 1. The molecule has 2 N–H and O–H groups in total. The maximum atomic E-state index is 15.1. The van der Waals surface area contributed by atoms with Crippen molar-refractivity contribution in [1.82, 2.24) is 19.9 Å². The van der Waals surface area contributed by atoms with Gasteiger partial charge in [0.15, 0.2) is 0 Å². The Morgan fingerprint density at radius 2 is 1.64 bits per heavy atom. The fourth-order valence-electron chi connectivity index (χ4n) is 14.5. The number of carbonyl (C=O) groups is 3. The first-order chi connectivity index (χ1) is 27.5. The van der Waals surface area contributed by atoms with Gasteiger partial charge in [-0.25, -0.2) is 4.98 Å². The predicted molar refractivity (Wildman–Crippen MR) is 227 cm³/mol. The maximum Gasteiger partial charge on any atom is 0.306 e. The average Bonchev–Trinajstić information content (AvgIpc) is 3.96. The summed E-state index contributed by atoms with van der Waals surface area (Å²) in [6.07, 6.45) is 20.4. The summed E-state index contributed by atoms with van der Waals surface area (Å²) in [6.45, 7) is 19.0. The number of imidazole rings is 1. The van der Waals surface area contributed by atoms with E-state index in [2.05, 4.69) is 56.4 Å². The van der Waals surface area contributed by atoms with Gasteiger partial charge in [-0.2, -0.15) is 0 Å². The zero-order valence-corrected chi connectivity index (χ0v) is 37.1. The number of nitrogens with zero attached hydrogens (tertiary/aromatic N) is 3. The van der Waals surface area contributed by atoms with Gasteiger partial charge in [-0.3, -0.25) is 19.4 Å². The summed E-state index contributed by atoms with van der Waals surface area (Å²) in [5, 5.41) is 9.32. The smallest absolute Gasteiger partial charge is 0.306 e. The van der Waals surface area contributed by atoms with E-state index >= 15 is 4.79 Å². The number of pyridine rings is 1. The van der Waals surface area contributed by atoms with Crippen molar-refractivity contribution in [2.45, 2.75) is 177 Å². The number of carboxylic acids is 1. The molecule has 9 nitrogen and oxygen atoms in total. The van der Waals surface area contributed by atoms with Crippen LogP contribution >= 0.6 is 0 Å². The van der Waals surface area contributed by atoms with E-state index in [1.807, 2.05) is 38.2 Å². The van der Waals surface area contributed by atoms with Gasteiger partial charge in [0, 0.05) is 12.7 Å². The lowest BCUT2D eigenvalue weighted by atomic mass is 9.33. The van der Waals surface area contributed by atoms with Crippen molar-refractivity contribution in [3.63, 3.8) is 0 Å². The minimum atomic E-state index is -0.882. The van der Waals surface area contributed by atoms with Crippen molar-refractivity contribution in [1.29, 1.82) is 0 Å². The summed E-state index contributed by atoms with van der Waals surface area (Å²) < 4.78 is 6.19. The van der Waals surface area contributed by atoms with Crippen molar-refractivity contribution >= 4 is 17.8 Å². The molecular formula is C49H74N4O5. The average molecular weight is 799 g/mol. The first-order valence-corrected chi connectivity index (χ1v) is 23.2. The van der Waals surface area contributed by atoms with E-state index in [0.717, 1.165) is 81.5 Å². The van der Waals surface area contributed by atoms with Crippen LogP contribution in [0.2, 0.25) is 0 Å². The number of carboxylic acid groups (broad SMARTS) is 1. The molecule has 0 bridgehead atoms. The Kier molecular flexibility index (Phi) is 12.1. The second-order valence-corrected chi connectivity index (χ2v) is 21.3. The lowest BCUT2D eigenvalue weighted by Crippen LogP contribution is -2.66. The molecule has 6 fully saturated rings. The number of carbonyl (C=O) groups excluding carboxylic acids is 2. The second kappa shape index (κ2) is 16.3. The maximum absolute atomic E-state index is 15.1. The van der Waals surface area contributed by atoms with Crippen LogP contribution in [0.5, 0.6) is 0 Å². The lowest BCUT2D eigenvalue weighted by molar-refractivity contribution is -0.235. The summed E-state index contributed by atoms with van der Waals surface area (Å²) in [4.78, 5) is 54.7. The van der Waals surface area contributed by atoms with Gasteiger partial charge in [0.2, 0.25) is 5.91 Å². The highest BCUT2D eigenvalue weighted by Crippen LogP contribution is 2.76. The highest BCUT2D eigenvalue weighted by molar-refractivity contribution is 5.84. The van der Waals surface area contributed by atoms with Crippen molar-refractivity contribution < 1.29 is 24.2 Å². The molecule has 2 aromatic rings. The minimum Gasteiger partial charge on any atom is -0.481 e. The number of esters is 1. The van der Waals surface area contributed by atoms with Crippen LogP contribution in [0.4, 0.5) is 0 Å². The number of ether oxygens (including phenoxy) is 1. The summed E-state index contributed by atoms with van der Waals surface area (Å²) in [6, 6.07) is 5.91. The third-order valence-corrected chi connectivity index (χ3v) is 17.7. The molecule has 2 aromatic heterocycles. The van der Waals surface area contributed by atoms with E-state index in [0.29, 0.717) is 29.6 Å². The molecular weight excluding hydrogens is 725 g/mol. The van der Waals surface area contributed by atoms with E-state index in [9.17, 15) is 14.7 Å². The summed E-state index contributed by atoms with van der Waals surface area (Å²) in [5.74, 6) is 2.54. The Labute approximate surface area is 348 Å². The molecule has 58 heavy (non-hydrogen) atoms. The van der Waals surface area contributed by atoms with Gasteiger partial charge in [0.25, 0.3) is 0 Å². The van der Waals surface area contributed by atoms with Crippen LogP contribution in [0, 0.1) is 56.7 Å². The Balaban J connectivity index is 0.00000122. The minimum absolute atomic E-state index is 0.00463. The zero-order chi connectivity index (χ0) is 41.7.